The van der Waals surface area contributed by atoms with E-state index in [0.717, 1.165) is 11.1 Å². The molecule has 1 N–H and O–H groups in total. The van der Waals surface area contributed by atoms with E-state index in [0.29, 0.717) is 16.9 Å². The highest BCUT2D eigenvalue weighted by molar-refractivity contribution is 6.00. The number of nitrogens with one attached hydrogen (secondary N) is 1. The Kier molecular flexibility index (Phi) is 6.33. The van der Waals surface area contributed by atoms with Gasteiger partial charge in [0, 0.05) is 30.3 Å². The van der Waals surface area contributed by atoms with Crippen molar-refractivity contribution in [1.29, 1.82) is 0 Å². The number of nitro groups is 1. The Morgan fingerprint density at radius 2 is 1.84 bits per heavy atom. The molecule has 2 aromatic rings. The predicted molar refractivity (Wildman–Crippen MR) is 114 cm³/mol. The fourth-order valence-electron chi connectivity index (χ4n) is 3.58. The number of ether oxygens (including phenoxy) is 1. The number of anilines is 2. The highest BCUT2D eigenvalue weighted by atomic mass is 16.6. The van der Waals surface area contributed by atoms with Crippen molar-refractivity contribution in [1.82, 2.24) is 0 Å². The van der Waals surface area contributed by atoms with Crippen LogP contribution in [0.15, 0.2) is 36.4 Å². The highest BCUT2D eigenvalue weighted by Gasteiger charge is 2.37. The third kappa shape index (κ3) is 5.25. The molecule has 1 heterocycles. The predicted octanol–water partition coefficient (Wildman–Crippen LogP) is 3.05. The Hall–Kier alpha value is -3.75. The molecule has 0 radical (unpaired) electrons. The Labute approximate surface area is 179 Å². The molecule has 162 valence electrons. The van der Waals surface area contributed by atoms with Crippen LogP contribution in [0.5, 0.6) is 0 Å². The third-order valence-electron chi connectivity index (χ3n) is 5.01. The molecule has 0 aromatic heterocycles. The van der Waals surface area contributed by atoms with Crippen molar-refractivity contribution in [2.45, 2.75) is 27.2 Å². The van der Waals surface area contributed by atoms with E-state index in [9.17, 15) is 24.5 Å². The molecule has 0 bridgehead atoms. The summed E-state index contributed by atoms with van der Waals surface area (Å²) in [5.41, 5.74) is 3.33. The topological polar surface area (TPSA) is 119 Å². The van der Waals surface area contributed by atoms with Crippen LogP contribution in [0.1, 0.15) is 23.1 Å². The number of amides is 2. The van der Waals surface area contributed by atoms with E-state index in [1.54, 1.807) is 31.2 Å². The standard InChI is InChI=1S/C22H23N3O6/c1-13-6-14(2)8-17(7-13)23-20(26)12-31-22(28)16-9-21(27)24(11-16)18-5-4-15(3)19(10-18)25(29)30/h4-8,10,16H,9,11-12H2,1-3H3,(H,23,26)/t16-/m1/s1. The molecule has 0 aliphatic carbocycles. The number of carbonyl (C=O) groups excluding carboxylic acids is 3. The Balaban J connectivity index is 1.58. The van der Waals surface area contributed by atoms with Crippen LogP contribution in [-0.2, 0) is 19.1 Å². The van der Waals surface area contributed by atoms with Gasteiger partial charge in [-0.25, -0.2) is 0 Å². The summed E-state index contributed by atoms with van der Waals surface area (Å²) in [6, 6.07) is 10.1. The smallest absolute Gasteiger partial charge is 0.311 e. The number of rotatable bonds is 6. The van der Waals surface area contributed by atoms with Crippen LogP contribution in [0, 0.1) is 36.8 Å². The van der Waals surface area contributed by atoms with Crippen molar-refractivity contribution in [3.8, 4) is 0 Å². The fourth-order valence-corrected chi connectivity index (χ4v) is 3.58. The first-order valence-corrected chi connectivity index (χ1v) is 9.74. The zero-order valence-corrected chi connectivity index (χ0v) is 17.5. The number of nitrogens with zero attached hydrogens (tertiary/aromatic N) is 2. The second-order valence-corrected chi connectivity index (χ2v) is 7.67. The number of nitro benzene ring substituents is 1. The molecule has 9 heteroatoms. The van der Waals surface area contributed by atoms with E-state index in [1.807, 2.05) is 19.9 Å². The fraction of sp³-hybridized carbons (Fsp3) is 0.318. The highest BCUT2D eigenvalue weighted by Crippen LogP contribution is 2.30. The summed E-state index contributed by atoms with van der Waals surface area (Å²) in [5.74, 6) is -2.22. The van der Waals surface area contributed by atoms with E-state index in [1.165, 1.54) is 11.0 Å². The second kappa shape index (κ2) is 8.95. The van der Waals surface area contributed by atoms with Gasteiger partial charge in [-0.2, -0.15) is 0 Å². The molecule has 1 aliphatic rings. The van der Waals surface area contributed by atoms with E-state index in [2.05, 4.69) is 5.32 Å². The van der Waals surface area contributed by atoms with Gasteiger partial charge in [-0.3, -0.25) is 24.5 Å². The van der Waals surface area contributed by atoms with Gasteiger partial charge < -0.3 is 15.0 Å². The maximum Gasteiger partial charge on any atom is 0.311 e. The summed E-state index contributed by atoms with van der Waals surface area (Å²) >= 11 is 0. The van der Waals surface area contributed by atoms with Gasteiger partial charge >= 0.3 is 5.97 Å². The summed E-state index contributed by atoms with van der Waals surface area (Å²) < 4.78 is 5.10. The van der Waals surface area contributed by atoms with Gasteiger partial charge in [0.15, 0.2) is 6.61 Å². The summed E-state index contributed by atoms with van der Waals surface area (Å²) in [6.07, 6.45) is -0.0841. The molecule has 1 aliphatic heterocycles. The molecule has 31 heavy (non-hydrogen) atoms. The molecular weight excluding hydrogens is 402 g/mol. The first-order chi connectivity index (χ1) is 14.6. The van der Waals surface area contributed by atoms with Crippen molar-refractivity contribution in [2.24, 2.45) is 5.92 Å². The summed E-state index contributed by atoms with van der Waals surface area (Å²) in [7, 11) is 0. The molecule has 1 saturated heterocycles. The maximum atomic E-state index is 12.4. The van der Waals surface area contributed by atoms with E-state index in [-0.39, 0.29) is 24.6 Å². The van der Waals surface area contributed by atoms with Crippen LogP contribution in [0.4, 0.5) is 17.1 Å². The zero-order valence-electron chi connectivity index (χ0n) is 17.5. The lowest BCUT2D eigenvalue weighted by Crippen LogP contribution is -2.28. The minimum absolute atomic E-state index is 0.0383. The molecule has 1 fully saturated rings. The van der Waals surface area contributed by atoms with Crippen LogP contribution >= 0.6 is 0 Å². The summed E-state index contributed by atoms with van der Waals surface area (Å²) in [5, 5.41) is 13.8. The number of aryl methyl sites for hydroxylation is 3. The number of benzene rings is 2. The van der Waals surface area contributed by atoms with E-state index >= 15 is 0 Å². The quantitative estimate of drug-likeness (QED) is 0.432. The van der Waals surface area contributed by atoms with Gasteiger partial charge in [0.25, 0.3) is 11.6 Å². The Morgan fingerprint density at radius 3 is 2.48 bits per heavy atom. The number of esters is 1. The zero-order chi connectivity index (χ0) is 22.7. The van der Waals surface area contributed by atoms with Crippen LogP contribution < -0.4 is 10.2 Å². The van der Waals surface area contributed by atoms with Gasteiger partial charge in [-0.15, -0.1) is 0 Å². The number of carbonyl (C=O) groups is 3. The summed E-state index contributed by atoms with van der Waals surface area (Å²) in [4.78, 5) is 48.8. The van der Waals surface area contributed by atoms with Crippen molar-refractivity contribution in [3.05, 3.63) is 63.2 Å². The lowest BCUT2D eigenvalue weighted by molar-refractivity contribution is -0.385. The molecule has 1 atom stereocenters. The van der Waals surface area contributed by atoms with Gasteiger partial charge in [-0.1, -0.05) is 12.1 Å². The molecule has 3 rings (SSSR count). The normalized spacial score (nSPS) is 15.6. The monoisotopic (exact) mass is 425 g/mol. The van der Waals surface area contributed by atoms with Crippen LogP contribution in [0.2, 0.25) is 0 Å². The average molecular weight is 425 g/mol. The van der Waals surface area contributed by atoms with Crippen LogP contribution in [-0.4, -0.2) is 35.9 Å². The van der Waals surface area contributed by atoms with Crippen molar-refractivity contribution < 1.29 is 24.0 Å². The Bertz CT molecular complexity index is 1040. The van der Waals surface area contributed by atoms with E-state index in [4.69, 9.17) is 4.74 Å². The second-order valence-electron chi connectivity index (χ2n) is 7.67. The van der Waals surface area contributed by atoms with Gasteiger partial charge in [0.1, 0.15) is 0 Å². The minimum Gasteiger partial charge on any atom is -0.455 e. The molecular formula is C22H23N3O6. The molecule has 2 aromatic carbocycles. The minimum atomic E-state index is -0.748. The molecule has 2 amide bonds. The van der Waals surface area contributed by atoms with Crippen LogP contribution in [0.25, 0.3) is 0 Å². The molecule has 0 unspecified atom stereocenters. The summed E-state index contributed by atoms with van der Waals surface area (Å²) in [6.45, 7) is 5.00. The lowest BCUT2D eigenvalue weighted by Gasteiger charge is -2.16. The average Bonchev–Trinajstić information content (AvgIpc) is 3.07. The molecule has 0 spiro atoms. The Morgan fingerprint density at radius 1 is 1.16 bits per heavy atom. The maximum absolute atomic E-state index is 12.4. The van der Waals surface area contributed by atoms with Gasteiger partial charge in [-0.05, 0) is 50.1 Å². The third-order valence-corrected chi connectivity index (χ3v) is 5.01. The SMILES string of the molecule is Cc1cc(C)cc(NC(=O)COC(=O)[C@@H]2CC(=O)N(c3ccc(C)c([N+](=O)[O-])c3)C2)c1. The molecule has 9 nitrogen and oxygen atoms in total. The number of hydrogen-bond donors (Lipinski definition) is 1. The van der Waals surface area contributed by atoms with Crippen molar-refractivity contribution in [3.63, 3.8) is 0 Å². The first-order valence-electron chi connectivity index (χ1n) is 9.74. The van der Waals surface area contributed by atoms with Crippen molar-refractivity contribution in [2.75, 3.05) is 23.4 Å². The largest absolute Gasteiger partial charge is 0.455 e. The first kappa shape index (κ1) is 21.9. The molecule has 0 saturated carbocycles. The van der Waals surface area contributed by atoms with Gasteiger partial charge in [0.05, 0.1) is 16.5 Å². The van der Waals surface area contributed by atoms with Crippen molar-refractivity contribution >= 4 is 34.8 Å². The van der Waals surface area contributed by atoms with Gasteiger partial charge in [0.2, 0.25) is 5.91 Å². The van der Waals surface area contributed by atoms with E-state index < -0.39 is 29.3 Å². The lowest BCUT2D eigenvalue weighted by atomic mass is 10.1. The van der Waals surface area contributed by atoms with Crippen LogP contribution in [0.3, 0.4) is 0 Å². The number of hydrogen-bond acceptors (Lipinski definition) is 6.